The van der Waals surface area contributed by atoms with Gasteiger partial charge < -0.3 is 14.4 Å². The van der Waals surface area contributed by atoms with Gasteiger partial charge in [-0.3, -0.25) is 4.79 Å². The second-order valence-corrected chi connectivity index (χ2v) is 6.97. The summed E-state index contributed by atoms with van der Waals surface area (Å²) in [5, 5.41) is 0. The van der Waals surface area contributed by atoms with E-state index in [9.17, 15) is 9.59 Å². The smallest absolute Gasteiger partial charge is 0.410 e. The number of hydrogen-bond donors (Lipinski definition) is 0. The van der Waals surface area contributed by atoms with E-state index in [-0.39, 0.29) is 12.1 Å². The van der Waals surface area contributed by atoms with E-state index >= 15 is 0 Å². The lowest BCUT2D eigenvalue weighted by Gasteiger charge is -2.28. The van der Waals surface area contributed by atoms with Gasteiger partial charge in [-0.25, -0.2) is 4.79 Å². The Morgan fingerprint density at radius 2 is 1.82 bits per heavy atom. The molecule has 0 saturated heterocycles. The number of amides is 1. The lowest BCUT2D eigenvalue weighted by atomic mass is 9.95. The molecule has 148 valence electrons. The second kappa shape index (κ2) is 9.93. The molecule has 2 aromatic carbocycles. The average molecular weight is 381 g/mol. The van der Waals surface area contributed by atoms with Gasteiger partial charge in [0, 0.05) is 19.5 Å². The number of ether oxygens (including phenoxy) is 2. The molecule has 0 N–H and O–H groups in total. The highest BCUT2D eigenvalue weighted by atomic mass is 16.6. The van der Waals surface area contributed by atoms with Crippen molar-refractivity contribution in [3.05, 3.63) is 70.8 Å². The lowest BCUT2D eigenvalue weighted by Crippen LogP contribution is -2.36. The van der Waals surface area contributed by atoms with Gasteiger partial charge in [0.25, 0.3) is 0 Å². The molecule has 2 aromatic rings. The van der Waals surface area contributed by atoms with Crippen molar-refractivity contribution >= 4 is 12.1 Å². The van der Waals surface area contributed by atoms with E-state index in [2.05, 4.69) is 18.2 Å². The van der Waals surface area contributed by atoms with Crippen molar-refractivity contribution in [2.75, 3.05) is 13.2 Å². The van der Waals surface area contributed by atoms with Crippen LogP contribution in [0.25, 0.3) is 0 Å². The minimum absolute atomic E-state index is 0.134. The molecule has 5 nitrogen and oxygen atoms in total. The van der Waals surface area contributed by atoms with E-state index in [0.29, 0.717) is 32.7 Å². The fraction of sp³-hybridized carbons (Fsp3) is 0.391. The third-order valence-corrected chi connectivity index (χ3v) is 4.90. The van der Waals surface area contributed by atoms with Crippen molar-refractivity contribution in [1.82, 2.24) is 4.90 Å². The third kappa shape index (κ3) is 5.59. The zero-order valence-electron chi connectivity index (χ0n) is 16.4. The fourth-order valence-electron chi connectivity index (χ4n) is 3.40. The summed E-state index contributed by atoms with van der Waals surface area (Å²) in [6, 6.07) is 16.1. The molecular formula is C23H27NO4. The molecule has 0 aliphatic carbocycles. The molecule has 28 heavy (non-hydrogen) atoms. The average Bonchev–Trinajstić information content (AvgIpc) is 2.72. The highest BCUT2D eigenvalue weighted by Crippen LogP contribution is 2.22. The molecule has 0 atom stereocenters. The monoisotopic (exact) mass is 381 g/mol. The minimum atomic E-state index is -0.270. The van der Waals surface area contributed by atoms with Gasteiger partial charge >= 0.3 is 12.1 Å². The molecule has 1 amide bonds. The quantitative estimate of drug-likeness (QED) is 0.672. The highest BCUT2D eigenvalue weighted by molar-refractivity contribution is 5.69. The van der Waals surface area contributed by atoms with Crippen LogP contribution in [-0.4, -0.2) is 30.1 Å². The SMILES string of the molecule is CCOC(=O)CCCc1ccc2c(c1)CCN(C(=O)OCc1ccccc1)C2. The number of carbonyl (C=O) groups is 2. The molecule has 1 heterocycles. The summed E-state index contributed by atoms with van der Waals surface area (Å²) in [4.78, 5) is 25.6. The third-order valence-electron chi connectivity index (χ3n) is 4.90. The molecule has 0 aromatic heterocycles. The number of fused-ring (bicyclic) bond motifs is 1. The van der Waals surface area contributed by atoms with Gasteiger partial charge in [0.2, 0.25) is 0 Å². The van der Waals surface area contributed by atoms with E-state index in [4.69, 9.17) is 9.47 Å². The Hall–Kier alpha value is -2.82. The van der Waals surface area contributed by atoms with Gasteiger partial charge in [-0.15, -0.1) is 0 Å². The number of carbonyl (C=O) groups excluding carboxylic acids is 2. The Balaban J connectivity index is 1.49. The molecule has 3 rings (SSSR count). The number of hydrogen-bond acceptors (Lipinski definition) is 4. The maximum atomic E-state index is 12.4. The Kier molecular flexibility index (Phi) is 7.06. The first kappa shape index (κ1) is 19.9. The summed E-state index contributed by atoms with van der Waals surface area (Å²) < 4.78 is 10.4. The second-order valence-electron chi connectivity index (χ2n) is 6.97. The van der Waals surface area contributed by atoms with Crippen LogP contribution in [0, 0.1) is 0 Å². The van der Waals surface area contributed by atoms with E-state index in [1.165, 1.54) is 11.1 Å². The predicted molar refractivity (Wildman–Crippen MR) is 107 cm³/mol. The van der Waals surface area contributed by atoms with E-state index in [0.717, 1.165) is 30.4 Å². The van der Waals surface area contributed by atoms with Crippen molar-refractivity contribution in [2.45, 2.75) is 45.8 Å². The van der Waals surface area contributed by atoms with Crippen LogP contribution in [0.4, 0.5) is 4.79 Å². The molecule has 1 aliphatic heterocycles. The normalized spacial score (nSPS) is 13.0. The largest absolute Gasteiger partial charge is 0.466 e. The Morgan fingerprint density at radius 3 is 2.61 bits per heavy atom. The van der Waals surface area contributed by atoms with E-state index in [1.807, 2.05) is 37.3 Å². The van der Waals surface area contributed by atoms with Crippen molar-refractivity contribution in [1.29, 1.82) is 0 Å². The summed E-state index contributed by atoms with van der Waals surface area (Å²) in [5.41, 5.74) is 4.65. The molecule has 0 saturated carbocycles. The Labute approximate surface area is 166 Å². The highest BCUT2D eigenvalue weighted by Gasteiger charge is 2.22. The number of aryl methyl sites for hydroxylation is 1. The first-order valence-electron chi connectivity index (χ1n) is 9.87. The van der Waals surface area contributed by atoms with Gasteiger partial charge in [0.15, 0.2) is 0 Å². The number of esters is 1. The molecule has 0 radical (unpaired) electrons. The molecule has 0 unspecified atom stereocenters. The van der Waals surface area contributed by atoms with Crippen LogP contribution in [0.1, 0.15) is 42.0 Å². The number of benzene rings is 2. The maximum absolute atomic E-state index is 12.4. The Morgan fingerprint density at radius 1 is 1.00 bits per heavy atom. The van der Waals surface area contributed by atoms with Gasteiger partial charge in [-0.1, -0.05) is 48.5 Å². The molecule has 0 bridgehead atoms. The lowest BCUT2D eigenvalue weighted by molar-refractivity contribution is -0.143. The molecule has 0 spiro atoms. The van der Waals surface area contributed by atoms with Crippen molar-refractivity contribution in [3.63, 3.8) is 0 Å². The number of nitrogens with zero attached hydrogens (tertiary/aromatic N) is 1. The van der Waals surface area contributed by atoms with Crippen LogP contribution >= 0.6 is 0 Å². The van der Waals surface area contributed by atoms with E-state index in [1.54, 1.807) is 4.90 Å². The summed E-state index contributed by atoms with van der Waals surface area (Å²) >= 11 is 0. The molecular weight excluding hydrogens is 354 g/mol. The molecule has 1 aliphatic rings. The zero-order valence-corrected chi connectivity index (χ0v) is 16.4. The van der Waals surface area contributed by atoms with Gasteiger partial charge in [0.1, 0.15) is 6.61 Å². The van der Waals surface area contributed by atoms with Crippen LogP contribution in [0.2, 0.25) is 0 Å². The summed E-state index contributed by atoms with van der Waals surface area (Å²) in [6.45, 7) is 3.78. The van der Waals surface area contributed by atoms with Crippen molar-refractivity contribution < 1.29 is 19.1 Å². The molecule has 5 heteroatoms. The zero-order chi connectivity index (χ0) is 19.8. The topological polar surface area (TPSA) is 55.8 Å². The van der Waals surface area contributed by atoms with Crippen molar-refractivity contribution in [2.24, 2.45) is 0 Å². The minimum Gasteiger partial charge on any atom is -0.466 e. The van der Waals surface area contributed by atoms with Crippen molar-refractivity contribution in [3.8, 4) is 0 Å². The van der Waals surface area contributed by atoms with E-state index < -0.39 is 0 Å². The summed E-state index contributed by atoms with van der Waals surface area (Å²) in [7, 11) is 0. The summed E-state index contributed by atoms with van der Waals surface area (Å²) in [6.07, 6.45) is 2.64. The van der Waals surface area contributed by atoms with Crippen LogP contribution in [-0.2, 0) is 40.3 Å². The fourth-order valence-corrected chi connectivity index (χ4v) is 3.40. The first-order valence-corrected chi connectivity index (χ1v) is 9.87. The predicted octanol–water partition coefficient (Wildman–Crippen LogP) is 4.27. The number of rotatable bonds is 7. The van der Waals surface area contributed by atoms with Crippen LogP contribution in [0.5, 0.6) is 0 Å². The first-order chi connectivity index (χ1) is 13.7. The molecule has 0 fully saturated rings. The standard InChI is InChI=1S/C23H27NO4/c1-2-27-22(25)10-6-9-18-11-12-21-16-24(14-13-20(21)15-18)23(26)28-17-19-7-4-3-5-8-19/h3-5,7-8,11-12,15H,2,6,9-10,13-14,16-17H2,1H3. The van der Waals surface area contributed by atoms with Crippen LogP contribution < -0.4 is 0 Å². The van der Waals surface area contributed by atoms with Crippen LogP contribution in [0.15, 0.2) is 48.5 Å². The van der Waals surface area contributed by atoms with Gasteiger partial charge in [-0.2, -0.15) is 0 Å². The van der Waals surface area contributed by atoms with Gasteiger partial charge in [-0.05, 0) is 48.4 Å². The van der Waals surface area contributed by atoms with Gasteiger partial charge in [0.05, 0.1) is 6.61 Å². The maximum Gasteiger partial charge on any atom is 0.410 e. The van der Waals surface area contributed by atoms with Crippen LogP contribution in [0.3, 0.4) is 0 Å². The Bertz CT molecular complexity index is 804. The summed E-state index contributed by atoms with van der Waals surface area (Å²) in [5.74, 6) is -0.134.